The summed E-state index contributed by atoms with van der Waals surface area (Å²) in [5, 5.41) is 2.93. The topological polar surface area (TPSA) is 12.0 Å². The third-order valence-corrected chi connectivity index (χ3v) is 1.78. The van der Waals surface area contributed by atoms with Crippen LogP contribution in [-0.4, -0.2) is 13.6 Å². The van der Waals surface area contributed by atoms with E-state index in [0.717, 1.165) is 6.54 Å². The van der Waals surface area contributed by atoms with Crippen LogP contribution in [0.1, 0.15) is 31.9 Å². The van der Waals surface area contributed by atoms with E-state index in [0.29, 0.717) is 0 Å². The average Bonchev–Trinajstić information content (AvgIpc) is 2.26. The zero-order valence-electron chi connectivity index (χ0n) is 10.5. The molecule has 0 amide bonds. The van der Waals surface area contributed by atoms with E-state index in [4.69, 9.17) is 0 Å². The van der Waals surface area contributed by atoms with Gasteiger partial charge < -0.3 is 5.32 Å². The molecule has 0 saturated heterocycles. The van der Waals surface area contributed by atoms with Crippen LogP contribution in [0.3, 0.4) is 0 Å². The van der Waals surface area contributed by atoms with Crippen molar-refractivity contribution < 1.29 is 0 Å². The van der Waals surface area contributed by atoms with Gasteiger partial charge >= 0.3 is 0 Å². The molecule has 0 saturated carbocycles. The Morgan fingerprint density at radius 3 is 1.43 bits per heavy atom. The van der Waals surface area contributed by atoms with Crippen LogP contribution < -0.4 is 5.32 Å². The lowest BCUT2D eigenvalue weighted by molar-refractivity contribution is 0.864. The van der Waals surface area contributed by atoms with Crippen molar-refractivity contribution in [2.24, 2.45) is 0 Å². The molecule has 1 rings (SSSR count). The number of aryl methyl sites for hydroxylation is 2. The lowest BCUT2D eigenvalue weighted by Gasteiger charge is -1.93. The molecule has 0 radical (unpaired) electrons. The summed E-state index contributed by atoms with van der Waals surface area (Å²) in [5.74, 6) is 0. The first-order valence-electron chi connectivity index (χ1n) is 5.39. The maximum Gasteiger partial charge on any atom is -0.00804 e. The van der Waals surface area contributed by atoms with Crippen LogP contribution >= 0.6 is 0 Å². The van der Waals surface area contributed by atoms with E-state index >= 15 is 0 Å². The highest BCUT2D eigenvalue weighted by molar-refractivity contribution is 5.23. The highest BCUT2D eigenvalue weighted by Crippen LogP contribution is 2.02. The van der Waals surface area contributed by atoms with Crippen LogP contribution in [0.15, 0.2) is 24.3 Å². The summed E-state index contributed by atoms with van der Waals surface area (Å²) < 4.78 is 0. The largest absolute Gasteiger partial charge is 0.320 e. The Bertz CT molecular complexity index is 183. The fraction of sp³-hybridized carbons (Fsp3) is 0.538. The Morgan fingerprint density at radius 2 is 1.29 bits per heavy atom. The van der Waals surface area contributed by atoms with Gasteiger partial charge in [-0.1, -0.05) is 45.0 Å². The molecule has 0 atom stereocenters. The van der Waals surface area contributed by atoms with Crippen LogP contribution in [0, 0.1) is 13.8 Å². The second kappa shape index (κ2) is 12.2. The molecule has 0 fully saturated rings. The summed E-state index contributed by atoms with van der Waals surface area (Å²) in [5.41, 5.74) is 2.74. The maximum absolute atomic E-state index is 2.93. The minimum absolute atomic E-state index is 1.07. The molecule has 1 nitrogen and oxygen atoms in total. The molecule has 0 spiro atoms. The van der Waals surface area contributed by atoms with Crippen LogP contribution in [0.5, 0.6) is 0 Å². The van der Waals surface area contributed by atoms with E-state index < -0.39 is 0 Å². The summed E-state index contributed by atoms with van der Waals surface area (Å²) >= 11 is 0. The van der Waals surface area contributed by atoms with Crippen LogP contribution in [-0.2, 0) is 0 Å². The first-order valence-corrected chi connectivity index (χ1v) is 5.39. The SMILES string of the molecule is CC.CCNC.Cc1ccccc1C. The van der Waals surface area contributed by atoms with Gasteiger partial charge in [0.15, 0.2) is 0 Å². The van der Waals surface area contributed by atoms with E-state index in [1.165, 1.54) is 11.1 Å². The van der Waals surface area contributed by atoms with Gasteiger partial charge in [-0.2, -0.15) is 0 Å². The van der Waals surface area contributed by atoms with E-state index in [-0.39, 0.29) is 0 Å². The lowest BCUT2D eigenvalue weighted by atomic mass is 10.1. The number of benzene rings is 1. The van der Waals surface area contributed by atoms with Gasteiger partial charge in [0, 0.05) is 0 Å². The predicted molar refractivity (Wildman–Crippen MR) is 66.9 cm³/mol. The van der Waals surface area contributed by atoms with Gasteiger partial charge in [0.25, 0.3) is 0 Å². The Morgan fingerprint density at radius 1 is 1.00 bits per heavy atom. The lowest BCUT2D eigenvalue weighted by Crippen LogP contribution is -2.01. The van der Waals surface area contributed by atoms with Crippen molar-refractivity contribution in [3.8, 4) is 0 Å². The molecular weight excluding hydrogens is 170 g/mol. The van der Waals surface area contributed by atoms with E-state index in [2.05, 4.69) is 50.4 Å². The van der Waals surface area contributed by atoms with Gasteiger partial charge in [-0.3, -0.25) is 0 Å². The quantitative estimate of drug-likeness (QED) is 0.722. The number of nitrogens with one attached hydrogen (secondary N) is 1. The number of hydrogen-bond donors (Lipinski definition) is 1. The van der Waals surface area contributed by atoms with Crippen LogP contribution in [0.25, 0.3) is 0 Å². The zero-order valence-corrected chi connectivity index (χ0v) is 10.5. The van der Waals surface area contributed by atoms with E-state index in [1.807, 2.05) is 20.9 Å². The van der Waals surface area contributed by atoms with Gasteiger partial charge in [-0.25, -0.2) is 0 Å². The Kier molecular flexibility index (Phi) is 13.6. The zero-order chi connectivity index (χ0) is 11.4. The molecule has 0 unspecified atom stereocenters. The minimum Gasteiger partial charge on any atom is -0.320 e. The molecule has 0 aliphatic heterocycles. The predicted octanol–water partition coefficient (Wildman–Crippen LogP) is 3.56. The van der Waals surface area contributed by atoms with E-state index in [9.17, 15) is 0 Å². The minimum atomic E-state index is 1.07. The van der Waals surface area contributed by atoms with E-state index in [1.54, 1.807) is 0 Å². The summed E-state index contributed by atoms with van der Waals surface area (Å²) in [6.07, 6.45) is 0. The number of hydrogen-bond acceptors (Lipinski definition) is 1. The van der Waals surface area contributed by atoms with Gasteiger partial charge in [0.2, 0.25) is 0 Å². The second-order valence-corrected chi connectivity index (χ2v) is 2.79. The maximum atomic E-state index is 2.93. The monoisotopic (exact) mass is 195 g/mol. The summed E-state index contributed by atoms with van der Waals surface area (Å²) in [6, 6.07) is 8.36. The first kappa shape index (κ1) is 15.6. The van der Waals surface area contributed by atoms with Crippen molar-refractivity contribution in [2.75, 3.05) is 13.6 Å². The van der Waals surface area contributed by atoms with Crippen molar-refractivity contribution >= 4 is 0 Å². The molecule has 14 heavy (non-hydrogen) atoms. The Balaban J connectivity index is 0. The molecular formula is C13H25N. The van der Waals surface area contributed by atoms with Gasteiger partial charge in [0.1, 0.15) is 0 Å². The standard InChI is InChI=1S/C8H10.C3H9N.C2H6/c1-7-5-3-4-6-8(7)2;1-3-4-2;1-2/h3-6H,1-2H3;4H,3H2,1-2H3;1-2H3. The highest BCUT2D eigenvalue weighted by Gasteiger charge is 1.83. The fourth-order valence-electron chi connectivity index (χ4n) is 0.663. The van der Waals surface area contributed by atoms with Gasteiger partial charge in [0.05, 0.1) is 0 Å². The molecule has 0 bridgehead atoms. The van der Waals surface area contributed by atoms with Crippen molar-refractivity contribution in [2.45, 2.75) is 34.6 Å². The second-order valence-electron chi connectivity index (χ2n) is 2.79. The molecule has 1 N–H and O–H groups in total. The summed E-state index contributed by atoms with van der Waals surface area (Å²) in [6.45, 7) is 11.4. The van der Waals surface area contributed by atoms with Crippen molar-refractivity contribution in [1.82, 2.24) is 5.32 Å². The normalized spacial score (nSPS) is 7.86. The third-order valence-electron chi connectivity index (χ3n) is 1.78. The van der Waals surface area contributed by atoms with Crippen molar-refractivity contribution in [3.63, 3.8) is 0 Å². The molecule has 0 aliphatic rings. The summed E-state index contributed by atoms with van der Waals surface area (Å²) in [4.78, 5) is 0. The first-order chi connectivity index (χ1) is 6.72. The molecule has 0 heterocycles. The van der Waals surface area contributed by atoms with Crippen LogP contribution in [0.4, 0.5) is 0 Å². The average molecular weight is 195 g/mol. The third kappa shape index (κ3) is 9.27. The van der Waals surface area contributed by atoms with Crippen LogP contribution in [0.2, 0.25) is 0 Å². The Hall–Kier alpha value is -0.820. The fourth-order valence-corrected chi connectivity index (χ4v) is 0.663. The van der Waals surface area contributed by atoms with Crippen molar-refractivity contribution in [1.29, 1.82) is 0 Å². The molecule has 1 aromatic carbocycles. The Labute approximate surface area is 89.5 Å². The highest BCUT2D eigenvalue weighted by atomic mass is 14.8. The van der Waals surface area contributed by atoms with Crippen molar-refractivity contribution in [3.05, 3.63) is 35.4 Å². The molecule has 1 heteroatoms. The molecule has 0 aliphatic carbocycles. The molecule has 0 aromatic heterocycles. The molecule has 82 valence electrons. The summed E-state index contributed by atoms with van der Waals surface area (Å²) in [7, 11) is 1.93. The van der Waals surface area contributed by atoms with Gasteiger partial charge in [-0.15, -0.1) is 0 Å². The van der Waals surface area contributed by atoms with Gasteiger partial charge in [-0.05, 0) is 38.6 Å². The molecule has 1 aromatic rings. The smallest absolute Gasteiger partial charge is 0.00804 e. The number of rotatable bonds is 1.